The fourth-order valence-electron chi connectivity index (χ4n) is 4.64. The molecule has 3 aromatic rings. The first-order chi connectivity index (χ1) is 15.0. The molecule has 7 heteroatoms. The highest BCUT2D eigenvalue weighted by Gasteiger charge is 2.40. The normalized spacial score (nSPS) is 23.5. The predicted octanol–water partition coefficient (Wildman–Crippen LogP) is 3.57. The highest BCUT2D eigenvalue weighted by atomic mass is 16.5. The van der Waals surface area contributed by atoms with E-state index in [4.69, 9.17) is 4.74 Å². The lowest BCUT2D eigenvalue weighted by atomic mass is 9.92. The summed E-state index contributed by atoms with van der Waals surface area (Å²) in [6.07, 6.45) is 13.1. The van der Waals surface area contributed by atoms with Crippen LogP contribution in [0, 0.1) is 5.92 Å². The Morgan fingerprint density at radius 1 is 1.29 bits per heavy atom. The Kier molecular flexibility index (Phi) is 5.32. The Balaban J connectivity index is 1.21. The number of amides is 1. The van der Waals surface area contributed by atoms with Crippen LogP contribution in [0.3, 0.4) is 0 Å². The van der Waals surface area contributed by atoms with E-state index in [9.17, 15) is 9.90 Å². The Bertz CT molecular complexity index is 1040. The molecule has 3 N–H and O–H groups in total. The summed E-state index contributed by atoms with van der Waals surface area (Å²) in [7, 11) is 0. The van der Waals surface area contributed by atoms with E-state index in [-0.39, 0.29) is 18.1 Å². The smallest absolute Gasteiger partial charge is 0.253 e. The number of fused-ring (bicyclic) bond motifs is 1. The zero-order chi connectivity index (χ0) is 21.4. The number of benzene rings is 1. The van der Waals surface area contributed by atoms with Crippen LogP contribution in [0.5, 0.6) is 0 Å². The molecule has 1 atom stereocenters. The van der Waals surface area contributed by atoms with Gasteiger partial charge in [-0.2, -0.15) is 0 Å². The molecule has 2 saturated carbocycles. The molecule has 1 aromatic carbocycles. The average Bonchev–Trinajstić information content (AvgIpc) is 3.30. The number of aliphatic hydroxyl groups is 1. The SMILES string of the molecule is CC(O)(CO[C@H]1CC[C@H](NC(=O)c2cc(-n3ccnc3)cc3cc[nH]c23)CC1)C1CC1. The number of nitrogens with zero attached hydrogens (tertiary/aromatic N) is 2. The number of H-pyrrole nitrogens is 1. The summed E-state index contributed by atoms with van der Waals surface area (Å²) in [4.78, 5) is 20.5. The zero-order valence-electron chi connectivity index (χ0n) is 17.9. The van der Waals surface area contributed by atoms with Crippen molar-refractivity contribution in [1.29, 1.82) is 0 Å². The van der Waals surface area contributed by atoms with Gasteiger partial charge < -0.3 is 24.7 Å². The van der Waals surface area contributed by atoms with Crippen LogP contribution in [0.25, 0.3) is 16.6 Å². The molecule has 2 fully saturated rings. The lowest BCUT2D eigenvalue weighted by Gasteiger charge is -2.32. The number of nitrogens with one attached hydrogen (secondary N) is 2. The summed E-state index contributed by atoms with van der Waals surface area (Å²) < 4.78 is 7.92. The van der Waals surface area contributed by atoms with Gasteiger partial charge >= 0.3 is 0 Å². The summed E-state index contributed by atoms with van der Waals surface area (Å²) >= 11 is 0. The summed E-state index contributed by atoms with van der Waals surface area (Å²) in [5, 5.41) is 14.7. The molecular formula is C24H30N4O3. The van der Waals surface area contributed by atoms with E-state index in [1.54, 1.807) is 12.5 Å². The summed E-state index contributed by atoms with van der Waals surface area (Å²) in [6.45, 7) is 2.29. The van der Waals surface area contributed by atoms with Crippen LogP contribution in [0.4, 0.5) is 0 Å². The number of imidazole rings is 1. The van der Waals surface area contributed by atoms with Crippen LogP contribution in [0.1, 0.15) is 55.8 Å². The van der Waals surface area contributed by atoms with Crippen molar-refractivity contribution in [3.8, 4) is 5.69 Å². The first kappa shape index (κ1) is 20.3. The second-order valence-electron chi connectivity index (χ2n) is 9.29. The molecule has 1 amide bonds. The second kappa shape index (κ2) is 8.13. The fraction of sp³-hybridized carbons (Fsp3) is 0.500. The molecule has 0 spiro atoms. The summed E-state index contributed by atoms with van der Waals surface area (Å²) in [6, 6.07) is 6.07. The lowest BCUT2D eigenvalue weighted by molar-refractivity contribution is -0.0835. The lowest BCUT2D eigenvalue weighted by Crippen LogP contribution is -2.41. The van der Waals surface area contributed by atoms with E-state index in [0.29, 0.717) is 18.1 Å². The van der Waals surface area contributed by atoms with Crippen molar-refractivity contribution in [2.24, 2.45) is 5.92 Å². The highest BCUT2D eigenvalue weighted by molar-refractivity contribution is 6.06. The average molecular weight is 423 g/mol. The van der Waals surface area contributed by atoms with Crippen LogP contribution in [0.15, 0.2) is 43.1 Å². The minimum Gasteiger partial charge on any atom is -0.387 e. The molecule has 0 radical (unpaired) electrons. The quantitative estimate of drug-likeness (QED) is 0.543. The van der Waals surface area contributed by atoms with Gasteiger partial charge in [-0.05, 0) is 69.6 Å². The number of carbonyl (C=O) groups is 1. The maximum Gasteiger partial charge on any atom is 0.253 e. The van der Waals surface area contributed by atoms with Gasteiger partial charge in [0.25, 0.3) is 5.91 Å². The maximum atomic E-state index is 13.1. The first-order valence-corrected chi connectivity index (χ1v) is 11.2. The third-order valence-electron chi connectivity index (χ3n) is 6.77. The van der Waals surface area contributed by atoms with Crippen LogP contribution >= 0.6 is 0 Å². The number of hydrogen-bond donors (Lipinski definition) is 3. The number of hydrogen-bond acceptors (Lipinski definition) is 4. The number of rotatable bonds is 7. The topological polar surface area (TPSA) is 92.2 Å². The molecule has 0 aliphatic heterocycles. The van der Waals surface area contributed by atoms with E-state index in [1.807, 2.05) is 42.1 Å². The van der Waals surface area contributed by atoms with Gasteiger partial charge in [0.1, 0.15) is 0 Å². The largest absolute Gasteiger partial charge is 0.387 e. The molecule has 164 valence electrons. The highest BCUT2D eigenvalue weighted by Crippen LogP contribution is 2.40. The molecule has 31 heavy (non-hydrogen) atoms. The van der Waals surface area contributed by atoms with Crippen LogP contribution in [0.2, 0.25) is 0 Å². The van der Waals surface area contributed by atoms with Crippen LogP contribution in [-0.4, -0.2) is 49.9 Å². The minimum absolute atomic E-state index is 0.0598. The van der Waals surface area contributed by atoms with Crippen LogP contribution in [-0.2, 0) is 4.74 Å². The van der Waals surface area contributed by atoms with Crippen molar-refractivity contribution in [2.75, 3.05) is 6.61 Å². The van der Waals surface area contributed by atoms with E-state index in [0.717, 1.165) is 55.1 Å². The molecule has 2 aliphatic rings. The molecule has 0 saturated heterocycles. The third-order valence-corrected chi connectivity index (χ3v) is 6.77. The van der Waals surface area contributed by atoms with E-state index in [1.165, 1.54) is 0 Å². The fourth-order valence-corrected chi connectivity index (χ4v) is 4.64. The van der Waals surface area contributed by atoms with Gasteiger partial charge in [-0.15, -0.1) is 0 Å². The molecule has 2 aliphatic carbocycles. The van der Waals surface area contributed by atoms with Crippen molar-refractivity contribution in [1.82, 2.24) is 19.9 Å². The minimum atomic E-state index is -0.702. The van der Waals surface area contributed by atoms with Gasteiger partial charge in [-0.3, -0.25) is 4.79 Å². The molecule has 1 unspecified atom stereocenters. The second-order valence-corrected chi connectivity index (χ2v) is 9.29. The monoisotopic (exact) mass is 422 g/mol. The van der Waals surface area contributed by atoms with Crippen LogP contribution < -0.4 is 5.32 Å². The predicted molar refractivity (Wildman–Crippen MR) is 118 cm³/mol. The van der Waals surface area contributed by atoms with E-state index < -0.39 is 5.60 Å². The number of carbonyl (C=O) groups excluding carboxylic acids is 1. The van der Waals surface area contributed by atoms with E-state index >= 15 is 0 Å². The van der Waals surface area contributed by atoms with E-state index in [2.05, 4.69) is 15.3 Å². The van der Waals surface area contributed by atoms with Gasteiger partial charge in [-0.25, -0.2) is 4.98 Å². The third kappa shape index (κ3) is 4.38. The van der Waals surface area contributed by atoms with Crippen molar-refractivity contribution in [3.63, 3.8) is 0 Å². The molecule has 7 nitrogen and oxygen atoms in total. The van der Waals surface area contributed by atoms with Gasteiger partial charge in [-0.1, -0.05) is 0 Å². The Hall–Kier alpha value is -2.64. The van der Waals surface area contributed by atoms with Crippen molar-refractivity contribution in [2.45, 2.75) is 63.2 Å². The Morgan fingerprint density at radius 2 is 2.10 bits per heavy atom. The standard InChI is InChI=1S/C24H30N4O3/c1-24(30,17-2-3-17)14-31-20-6-4-18(5-7-20)27-23(29)21-13-19(28-11-10-25-15-28)12-16-8-9-26-22(16)21/h8-13,15,17-18,20,26,30H,2-7,14H2,1H3,(H,27,29)/t18-,20-,24?. The maximum absolute atomic E-state index is 13.1. The zero-order valence-corrected chi connectivity index (χ0v) is 17.9. The van der Waals surface area contributed by atoms with Gasteiger partial charge in [0, 0.05) is 35.7 Å². The molecule has 2 heterocycles. The molecule has 5 rings (SSSR count). The van der Waals surface area contributed by atoms with Crippen molar-refractivity contribution < 1.29 is 14.6 Å². The molecule has 2 aromatic heterocycles. The van der Waals surface area contributed by atoms with Gasteiger partial charge in [0.05, 0.1) is 35.7 Å². The molecular weight excluding hydrogens is 392 g/mol. The van der Waals surface area contributed by atoms with Crippen molar-refractivity contribution in [3.05, 3.63) is 48.7 Å². The van der Waals surface area contributed by atoms with Gasteiger partial charge in [0.2, 0.25) is 0 Å². The number of aromatic amines is 1. The summed E-state index contributed by atoms with van der Waals surface area (Å²) in [5.74, 6) is 0.335. The first-order valence-electron chi connectivity index (χ1n) is 11.2. The number of aromatic nitrogens is 3. The Labute approximate surface area is 181 Å². The Morgan fingerprint density at radius 3 is 2.81 bits per heavy atom. The summed E-state index contributed by atoms with van der Waals surface area (Å²) in [5.41, 5.74) is 1.70. The van der Waals surface area contributed by atoms with Crippen molar-refractivity contribution >= 4 is 16.8 Å². The molecule has 0 bridgehead atoms. The van der Waals surface area contributed by atoms with Gasteiger partial charge in [0.15, 0.2) is 0 Å². The number of ether oxygens (including phenoxy) is 1.